The summed E-state index contributed by atoms with van der Waals surface area (Å²) in [7, 11) is 0. The van der Waals surface area contributed by atoms with Crippen molar-refractivity contribution in [1.82, 2.24) is 0 Å². The predicted octanol–water partition coefficient (Wildman–Crippen LogP) is 2.91. The summed E-state index contributed by atoms with van der Waals surface area (Å²) in [6.45, 7) is 1.40. The Kier molecular flexibility index (Phi) is 3.63. The molecule has 0 radical (unpaired) electrons. The largest absolute Gasteiger partial charge is 0.368 e. The van der Waals surface area contributed by atoms with Gasteiger partial charge in [-0.05, 0) is 30.7 Å². The minimum absolute atomic E-state index is 0.0253. The van der Waals surface area contributed by atoms with Crippen LogP contribution in [-0.2, 0) is 9.59 Å². The van der Waals surface area contributed by atoms with Gasteiger partial charge in [-0.15, -0.1) is 0 Å². The number of nitrogens with one attached hydrogen (secondary N) is 1. The molecule has 0 aliphatic carbocycles. The monoisotopic (exact) mass is 298 g/mol. The van der Waals surface area contributed by atoms with Crippen molar-refractivity contribution in [3.05, 3.63) is 59.9 Å². The molecule has 2 aromatic rings. The van der Waals surface area contributed by atoms with E-state index in [1.807, 2.05) is 30.3 Å². The number of fused-ring (bicyclic) bond motifs is 1. The highest BCUT2D eigenvalue weighted by Crippen LogP contribution is 2.36. The fraction of sp³-hybridized carbons (Fsp3) is 0.176. The smallest absolute Gasteiger partial charge is 0.254 e. The van der Waals surface area contributed by atoms with Crippen molar-refractivity contribution in [2.24, 2.45) is 0 Å². The first kappa shape index (κ1) is 14.3. The number of rotatable bonds is 3. The molecule has 1 N–H and O–H groups in total. The van der Waals surface area contributed by atoms with E-state index in [-0.39, 0.29) is 18.2 Å². The molecule has 0 saturated carbocycles. The van der Waals surface area contributed by atoms with E-state index in [4.69, 9.17) is 0 Å². The standard InChI is InChI=1S/C17H15FN2O2/c1-11(21)10-20-15-8-7-13(18)9-14(15)19-16(17(20)22)12-5-3-2-4-6-12/h2-9,16,19H,10H2,1H3. The number of halogens is 1. The zero-order chi connectivity index (χ0) is 15.7. The molecule has 0 aromatic heterocycles. The predicted molar refractivity (Wildman–Crippen MR) is 82.2 cm³/mol. The molecule has 3 rings (SSSR count). The van der Waals surface area contributed by atoms with Crippen LogP contribution in [-0.4, -0.2) is 18.2 Å². The molecule has 0 spiro atoms. The molecular weight excluding hydrogens is 283 g/mol. The van der Waals surface area contributed by atoms with Crippen molar-refractivity contribution >= 4 is 23.1 Å². The maximum absolute atomic E-state index is 13.5. The topological polar surface area (TPSA) is 49.4 Å². The van der Waals surface area contributed by atoms with Gasteiger partial charge in [0.15, 0.2) is 0 Å². The van der Waals surface area contributed by atoms with Gasteiger partial charge < -0.3 is 10.2 Å². The average molecular weight is 298 g/mol. The lowest BCUT2D eigenvalue weighted by Crippen LogP contribution is -2.44. The van der Waals surface area contributed by atoms with E-state index in [1.54, 1.807) is 0 Å². The van der Waals surface area contributed by atoms with Crippen molar-refractivity contribution in [3.63, 3.8) is 0 Å². The molecule has 1 unspecified atom stereocenters. The van der Waals surface area contributed by atoms with Gasteiger partial charge in [0.1, 0.15) is 17.6 Å². The Bertz CT molecular complexity index is 731. The van der Waals surface area contributed by atoms with E-state index in [9.17, 15) is 14.0 Å². The fourth-order valence-electron chi connectivity index (χ4n) is 2.61. The summed E-state index contributed by atoms with van der Waals surface area (Å²) in [6, 6.07) is 12.7. The molecule has 1 aliphatic rings. The lowest BCUT2D eigenvalue weighted by molar-refractivity contribution is -0.122. The molecule has 22 heavy (non-hydrogen) atoms. The third kappa shape index (κ3) is 2.57. The molecule has 1 heterocycles. The minimum atomic E-state index is -0.630. The van der Waals surface area contributed by atoms with E-state index in [2.05, 4.69) is 5.32 Å². The molecule has 112 valence electrons. The summed E-state index contributed by atoms with van der Waals surface area (Å²) < 4.78 is 13.5. The zero-order valence-electron chi connectivity index (χ0n) is 12.0. The molecule has 1 amide bonds. The highest BCUT2D eigenvalue weighted by Gasteiger charge is 2.34. The first-order valence-electron chi connectivity index (χ1n) is 6.98. The molecule has 5 heteroatoms. The van der Waals surface area contributed by atoms with Crippen molar-refractivity contribution in [3.8, 4) is 0 Å². The van der Waals surface area contributed by atoms with E-state index in [1.165, 1.54) is 30.0 Å². The molecular formula is C17H15FN2O2. The van der Waals surface area contributed by atoms with Crippen molar-refractivity contribution in [2.45, 2.75) is 13.0 Å². The van der Waals surface area contributed by atoms with Crippen LogP contribution in [0.2, 0.25) is 0 Å². The van der Waals surface area contributed by atoms with Crippen LogP contribution in [0.15, 0.2) is 48.5 Å². The quantitative estimate of drug-likeness (QED) is 0.948. The highest BCUT2D eigenvalue weighted by molar-refractivity contribution is 6.08. The molecule has 0 bridgehead atoms. The van der Waals surface area contributed by atoms with Gasteiger partial charge in [-0.25, -0.2) is 4.39 Å². The number of nitrogens with zero attached hydrogens (tertiary/aromatic N) is 1. The third-order valence-electron chi connectivity index (χ3n) is 3.58. The summed E-state index contributed by atoms with van der Waals surface area (Å²) in [5.74, 6) is -0.743. The van der Waals surface area contributed by atoms with Crippen LogP contribution in [0.25, 0.3) is 0 Å². The number of amides is 1. The van der Waals surface area contributed by atoms with Gasteiger partial charge in [0.2, 0.25) is 0 Å². The van der Waals surface area contributed by atoms with Crippen molar-refractivity contribution in [2.75, 3.05) is 16.8 Å². The summed E-state index contributed by atoms with van der Waals surface area (Å²) >= 11 is 0. The SMILES string of the molecule is CC(=O)CN1C(=O)C(c2ccccc2)Nc2cc(F)ccc21. The Balaban J connectivity index is 2.06. The number of ketones is 1. The van der Waals surface area contributed by atoms with E-state index in [0.717, 1.165) is 5.56 Å². The first-order valence-corrected chi connectivity index (χ1v) is 6.98. The summed E-state index contributed by atoms with van der Waals surface area (Å²) in [5, 5.41) is 3.06. The molecule has 4 nitrogen and oxygen atoms in total. The normalized spacial score (nSPS) is 16.9. The number of hydrogen-bond donors (Lipinski definition) is 1. The lowest BCUT2D eigenvalue weighted by Gasteiger charge is -2.35. The molecule has 2 aromatic carbocycles. The van der Waals surface area contributed by atoms with Crippen LogP contribution in [0.3, 0.4) is 0 Å². The van der Waals surface area contributed by atoms with Crippen LogP contribution in [0, 0.1) is 5.82 Å². The van der Waals surface area contributed by atoms with Gasteiger partial charge in [0.25, 0.3) is 5.91 Å². The summed E-state index contributed by atoms with van der Waals surface area (Å²) in [4.78, 5) is 25.6. The molecule has 1 atom stereocenters. The summed E-state index contributed by atoms with van der Waals surface area (Å²) in [5.41, 5.74) is 1.81. The van der Waals surface area contributed by atoms with E-state index < -0.39 is 11.9 Å². The van der Waals surface area contributed by atoms with Crippen LogP contribution in [0.4, 0.5) is 15.8 Å². The fourth-order valence-corrected chi connectivity index (χ4v) is 2.61. The third-order valence-corrected chi connectivity index (χ3v) is 3.58. The van der Waals surface area contributed by atoms with Crippen LogP contribution in [0.1, 0.15) is 18.5 Å². The second-order valence-corrected chi connectivity index (χ2v) is 5.28. The number of carbonyl (C=O) groups is 2. The number of anilines is 2. The molecule has 0 saturated heterocycles. The lowest BCUT2D eigenvalue weighted by atomic mass is 10.0. The second-order valence-electron chi connectivity index (χ2n) is 5.28. The van der Waals surface area contributed by atoms with Crippen LogP contribution >= 0.6 is 0 Å². The Hall–Kier alpha value is -2.69. The molecule has 1 aliphatic heterocycles. The number of carbonyl (C=O) groups excluding carboxylic acids is 2. The Labute approximate surface area is 127 Å². The minimum Gasteiger partial charge on any atom is -0.368 e. The van der Waals surface area contributed by atoms with Crippen LogP contribution < -0.4 is 10.2 Å². The molecule has 0 fully saturated rings. The Morgan fingerprint density at radius 1 is 1.23 bits per heavy atom. The summed E-state index contributed by atoms with van der Waals surface area (Å²) in [6.07, 6.45) is 0. The van der Waals surface area contributed by atoms with Gasteiger partial charge in [-0.1, -0.05) is 30.3 Å². The van der Waals surface area contributed by atoms with E-state index >= 15 is 0 Å². The van der Waals surface area contributed by atoms with Crippen molar-refractivity contribution < 1.29 is 14.0 Å². The van der Waals surface area contributed by atoms with Gasteiger partial charge in [0, 0.05) is 0 Å². The van der Waals surface area contributed by atoms with Gasteiger partial charge in [-0.3, -0.25) is 9.59 Å². The highest BCUT2D eigenvalue weighted by atomic mass is 19.1. The van der Waals surface area contributed by atoms with Gasteiger partial charge in [-0.2, -0.15) is 0 Å². The Morgan fingerprint density at radius 2 is 1.95 bits per heavy atom. The average Bonchev–Trinajstić information content (AvgIpc) is 2.50. The van der Waals surface area contributed by atoms with Gasteiger partial charge >= 0.3 is 0 Å². The van der Waals surface area contributed by atoms with E-state index in [0.29, 0.717) is 11.4 Å². The van der Waals surface area contributed by atoms with Gasteiger partial charge in [0.05, 0.1) is 17.9 Å². The maximum Gasteiger partial charge on any atom is 0.254 e. The zero-order valence-corrected chi connectivity index (χ0v) is 12.0. The first-order chi connectivity index (χ1) is 10.6. The Morgan fingerprint density at radius 3 is 2.64 bits per heavy atom. The van der Waals surface area contributed by atoms with Crippen LogP contribution in [0.5, 0.6) is 0 Å². The second kappa shape index (κ2) is 5.60. The van der Waals surface area contributed by atoms with Crippen molar-refractivity contribution in [1.29, 1.82) is 0 Å². The number of Topliss-reactive ketones (excluding diaryl/α,β-unsaturated/α-hetero) is 1. The maximum atomic E-state index is 13.5. The number of hydrogen-bond acceptors (Lipinski definition) is 3. The number of benzene rings is 2.